The van der Waals surface area contributed by atoms with E-state index in [-0.39, 0.29) is 11.7 Å². The Labute approximate surface area is 97.5 Å². The summed E-state index contributed by atoms with van der Waals surface area (Å²) in [5, 5.41) is 21.8. The van der Waals surface area contributed by atoms with Crippen LogP contribution in [-0.4, -0.2) is 20.2 Å². The topological polar surface area (TPSA) is 95.8 Å². The smallest absolute Gasteiger partial charge is 0.276 e. The molecule has 0 radical (unpaired) electrons. The molecule has 1 unspecified atom stereocenters. The van der Waals surface area contributed by atoms with Crippen molar-refractivity contribution in [3.05, 3.63) is 29.7 Å². The Balaban J connectivity index is 2.28. The number of rotatable bonds is 3. The van der Waals surface area contributed by atoms with Crippen molar-refractivity contribution in [2.75, 3.05) is 0 Å². The van der Waals surface area contributed by atoms with Crippen molar-refractivity contribution in [1.29, 1.82) is 5.26 Å². The minimum Gasteiger partial charge on any atom is -0.385 e. The van der Waals surface area contributed by atoms with Gasteiger partial charge in [-0.1, -0.05) is 12.1 Å². The Morgan fingerprint density at radius 3 is 2.94 bits per heavy atom. The van der Waals surface area contributed by atoms with E-state index in [0.717, 1.165) is 0 Å². The molecule has 1 N–H and O–H groups in total. The van der Waals surface area contributed by atoms with Crippen LogP contribution in [0.1, 0.15) is 30.8 Å². The summed E-state index contributed by atoms with van der Waals surface area (Å²) in [7, 11) is 0. The molecule has 0 amide bonds. The Hall–Kier alpha value is -2.26. The summed E-state index contributed by atoms with van der Waals surface area (Å²) in [6.45, 7) is 1.82. The molecule has 0 aromatic carbocycles. The van der Waals surface area contributed by atoms with E-state index in [4.69, 9.17) is 9.78 Å². The zero-order valence-corrected chi connectivity index (χ0v) is 9.16. The van der Waals surface area contributed by atoms with E-state index in [1.165, 1.54) is 6.20 Å². The number of aromatic nitrogens is 3. The molecule has 0 saturated carbocycles. The van der Waals surface area contributed by atoms with E-state index in [2.05, 4.69) is 15.1 Å². The summed E-state index contributed by atoms with van der Waals surface area (Å²) in [6, 6.07) is 5.20. The van der Waals surface area contributed by atoms with E-state index in [1.54, 1.807) is 12.1 Å². The number of aliphatic hydroxyl groups excluding tert-OH is 1. The molecule has 6 heteroatoms. The number of hydrogen-bond acceptors (Lipinski definition) is 6. The van der Waals surface area contributed by atoms with Crippen molar-refractivity contribution in [2.45, 2.75) is 19.4 Å². The van der Waals surface area contributed by atoms with Crippen LogP contribution < -0.4 is 0 Å². The molecule has 2 aromatic heterocycles. The molecule has 2 aromatic rings. The Kier molecular flexibility index (Phi) is 3.12. The summed E-state index contributed by atoms with van der Waals surface area (Å²) < 4.78 is 4.98. The molecule has 0 spiro atoms. The van der Waals surface area contributed by atoms with Gasteiger partial charge < -0.3 is 9.63 Å². The van der Waals surface area contributed by atoms with Crippen LogP contribution in [0.2, 0.25) is 0 Å². The molecule has 6 nitrogen and oxygen atoms in total. The van der Waals surface area contributed by atoms with Gasteiger partial charge in [0.2, 0.25) is 5.82 Å². The van der Waals surface area contributed by atoms with Crippen LogP contribution in [0.15, 0.2) is 22.9 Å². The molecule has 0 aliphatic carbocycles. The van der Waals surface area contributed by atoms with E-state index < -0.39 is 6.10 Å². The molecule has 0 saturated heterocycles. The second-order valence-corrected chi connectivity index (χ2v) is 3.43. The summed E-state index contributed by atoms with van der Waals surface area (Å²) in [4.78, 5) is 8.05. The quantitative estimate of drug-likeness (QED) is 0.857. The van der Waals surface area contributed by atoms with Crippen molar-refractivity contribution in [3.8, 4) is 17.7 Å². The number of nitriles is 1. The van der Waals surface area contributed by atoms with E-state index in [1.807, 2.05) is 13.0 Å². The zero-order chi connectivity index (χ0) is 12.3. The molecule has 2 rings (SSSR count). The van der Waals surface area contributed by atoms with Gasteiger partial charge in [0.1, 0.15) is 17.9 Å². The first kappa shape index (κ1) is 11.2. The highest BCUT2D eigenvalue weighted by molar-refractivity contribution is 5.47. The number of aliphatic hydroxyl groups is 1. The molecular weight excluding hydrogens is 220 g/mol. The minimum atomic E-state index is -0.731. The number of hydrogen-bond donors (Lipinski definition) is 1. The summed E-state index contributed by atoms with van der Waals surface area (Å²) in [6.07, 6.45) is 1.21. The van der Waals surface area contributed by atoms with Gasteiger partial charge in [-0.3, -0.25) is 0 Å². The van der Waals surface area contributed by atoms with E-state index in [9.17, 15) is 5.11 Å². The van der Waals surface area contributed by atoms with Crippen LogP contribution in [0.5, 0.6) is 0 Å². The maximum atomic E-state index is 9.52. The first-order valence-electron chi connectivity index (χ1n) is 5.12. The fourth-order valence-corrected chi connectivity index (χ4v) is 1.24. The first-order valence-corrected chi connectivity index (χ1v) is 5.12. The third-order valence-corrected chi connectivity index (χ3v) is 2.24. The molecule has 0 bridgehead atoms. The highest BCUT2D eigenvalue weighted by Crippen LogP contribution is 2.18. The average molecular weight is 230 g/mol. The van der Waals surface area contributed by atoms with Crippen molar-refractivity contribution in [3.63, 3.8) is 0 Å². The van der Waals surface area contributed by atoms with Crippen molar-refractivity contribution in [1.82, 2.24) is 15.1 Å². The van der Waals surface area contributed by atoms with Gasteiger partial charge in [-0.2, -0.15) is 10.2 Å². The van der Waals surface area contributed by atoms with Crippen LogP contribution in [0.3, 0.4) is 0 Å². The van der Waals surface area contributed by atoms with Gasteiger partial charge in [0, 0.05) is 6.20 Å². The number of pyridine rings is 1. The van der Waals surface area contributed by atoms with Crippen molar-refractivity contribution >= 4 is 0 Å². The van der Waals surface area contributed by atoms with Gasteiger partial charge in [-0.15, -0.1) is 0 Å². The van der Waals surface area contributed by atoms with Gasteiger partial charge in [0.05, 0.1) is 5.56 Å². The fraction of sp³-hybridized carbons (Fsp3) is 0.273. The molecule has 0 aliphatic heterocycles. The summed E-state index contributed by atoms with van der Waals surface area (Å²) in [5.41, 5.74) is 0.938. The summed E-state index contributed by atoms with van der Waals surface area (Å²) >= 11 is 0. The molecular formula is C11H10N4O2. The van der Waals surface area contributed by atoms with Crippen LogP contribution in [-0.2, 0) is 0 Å². The highest BCUT2D eigenvalue weighted by atomic mass is 16.5. The van der Waals surface area contributed by atoms with Gasteiger partial charge in [-0.25, -0.2) is 4.98 Å². The molecule has 2 heterocycles. The first-order chi connectivity index (χ1) is 8.24. The second kappa shape index (κ2) is 4.72. The fourth-order valence-electron chi connectivity index (χ4n) is 1.24. The standard InChI is InChI=1S/C11H10N4O2/c1-2-9(16)10-14-11(17-15-10)8-4-3-7(5-12)6-13-8/h3-4,6,9,16H,2H2,1H3. The minimum absolute atomic E-state index is 0.233. The normalized spacial score (nSPS) is 12.1. The molecule has 86 valence electrons. The molecule has 0 aliphatic rings. The lowest BCUT2D eigenvalue weighted by molar-refractivity contribution is 0.159. The maximum absolute atomic E-state index is 9.52. The van der Waals surface area contributed by atoms with Crippen LogP contribution in [0.4, 0.5) is 0 Å². The van der Waals surface area contributed by atoms with Crippen LogP contribution in [0, 0.1) is 11.3 Å². The number of nitrogens with zero attached hydrogens (tertiary/aromatic N) is 4. The predicted octanol–water partition coefficient (Wildman–Crippen LogP) is 1.45. The van der Waals surface area contributed by atoms with Crippen molar-refractivity contribution in [2.24, 2.45) is 0 Å². The van der Waals surface area contributed by atoms with Gasteiger partial charge in [0.15, 0.2) is 0 Å². The lowest BCUT2D eigenvalue weighted by atomic mass is 10.2. The molecule has 0 fully saturated rings. The summed E-state index contributed by atoms with van der Waals surface area (Å²) in [5.74, 6) is 0.477. The lowest BCUT2D eigenvalue weighted by Crippen LogP contribution is -1.97. The monoisotopic (exact) mass is 230 g/mol. The Morgan fingerprint density at radius 1 is 1.53 bits per heavy atom. The van der Waals surface area contributed by atoms with Gasteiger partial charge in [-0.05, 0) is 18.6 Å². The van der Waals surface area contributed by atoms with E-state index in [0.29, 0.717) is 17.7 Å². The predicted molar refractivity (Wildman–Crippen MR) is 57.5 cm³/mol. The molecule has 17 heavy (non-hydrogen) atoms. The van der Waals surface area contributed by atoms with Gasteiger partial charge >= 0.3 is 0 Å². The van der Waals surface area contributed by atoms with E-state index >= 15 is 0 Å². The average Bonchev–Trinajstić information content (AvgIpc) is 2.87. The third kappa shape index (κ3) is 2.29. The SMILES string of the molecule is CCC(O)c1noc(-c2ccc(C#N)cn2)n1. The zero-order valence-electron chi connectivity index (χ0n) is 9.16. The highest BCUT2D eigenvalue weighted by Gasteiger charge is 2.15. The molecule has 1 atom stereocenters. The lowest BCUT2D eigenvalue weighted by Gasteiger charge is -1.98. The maximum Gasteiger partial charge on any atom is 0.276 e. The van der Waals surface area contributed by atoms with Crippen LogP contribution in [0.25, 0.3) is 11.6 Å². The largest absolute Gasteiger partial charge is 0.385 e. The third-order valence-electron chi connectivity index (χ3n) is 2.24. The Morgan fingerprint density at radius 2 is 2.35 bits per heavy atom. The van der Waals surface area contributed by atoms with Crippen LogP contribution >= 0.6 is 0 Å². The second-order valence-electron chi connectivity index (χ2n) is 3.43. The van der Waals surface area contributed by atoms with Crippen molar-refractivity contribution < 1.29 is 9.63 Å². The van der Waals surface area contributed by atoms with Gasteiger partial charge in [0.25, 0.3) is 5.89 Å². The Bertz CT molecular complexity index is 541.